The summed E-state index contributed by atoms with van der Waals surface area (Å²) < 4.78 is 1.89. The number of nitrogens with one attached hydrogen (secondary N) is 2. The van der Waals surface area contributed by atoms with Gasteiger partial charge in [0.2, 0.25) is 11.9 Å². The Balaban J connectivity index is 1.31. The molecule has 9 heteroatoms. The van der Waals surface area contributed by atoms with Gasteiger partial charge < -0.3 is 15.5 Å². The Kier molecular flexibility index (Phi) is 6.41. The van der Waals surface area contributed by atoms with Crippen LogP contribution >= 0.6 is 0 Å². The third-order valence-electron chi connectivity index (χ3n) is 6.34. The van der Waals surface area contributed by atoms with E-state index in [1.54, 1.807) is 17.3 Å². The highest BCUT2D eigenvalue weighted by molar-refractivity contribution is 5.94. The van der Waals surface area contributed by atoms with Gasteiger partial charge >= 0.3 is 0 Å². The Bertz CT molecular complexity index is 1330. The number of nitrogens with zero attached hydrogens (tertiary/aromatic N) is 6. The van der Waals surface area contributed by atoms with Crippen molar-refractivity contribution in [2.45, 2.75) is 45.6 Å². The fourth-order valence-corrected chi connectivity index (χ4v) is 4.49. The van der Waals surface area contributed by atoms with Crippen LogP contribution in [0.5, 0.6) is 0 Å². The minimum atomic E-state index is 0.122. The summed E-state index contributed by atoms with van der Waals surface area (Å²) in [6, 6.07) is 10.0. The number of hydrogen-bond donors (Lipinski definition) is 2. The third kappa shape index (κ3) is 4.85. The van der Waals surface area contributed by atoms with Crippen LogP contribution in [0.2, 0.25) is 0 Å². The molecule has 180 valence electrons. The van der Waals surface area contributed by atoms with Crippen molar-refractivity contribution in [1.82, 2.24) is 29.9 Å². The molecule has 4 aromatic rings. The molecule has 2 N–H and O–H groups in total. The van der Waals surface area contributed by atoms with E-state index in [9.17, 15) is 4.79 Å². The lowest BCUT2D eigenvalue weighted by Crippen LogP contribution is -2.46. The van der Waals surface area contributed by atoms with Crippen LogP contribution in [0.3, 0.4) is 0 Å². The number of carbonyl (C=O) groups is 1. The molecule has 1 unspecified atom stereocenters. The van der Waals surface area contributed by atoms with Crippen molar-refractivity contribution in [3.8, 4) is 11.3 Å². The summed E-state index contributed by atoms with van der Waals surface area (Å²) in [5.41, 5.74) is 4.89. The summed E-state index contributed by atoms with van der Waals surface area (Å²) in [7, 11) is 0. The van der Waals surface area contributed by atoms with Gasteiger partial charge in [-0.15, -0.1) is 0 Å². The second-order valence-electron chi connectivity index (χ2n) is 9.08. The van der Waals surface area contributed by atoms with Crippen LogP contribution in [0, 0.1) is 0 Å². The highest BCUT2D eigenvalue weighted by Gasteiger charge is 2.26. The Morgan fingerprint density at radius 1 is 1.14 bits per heavy atom. The number of amides is 1. The molecule has 1 aliphatic heterocycles. The quantitative estimate of drug-likeness (QED) is 0.418. The molecule has 5 rings (SSSR count). The molecule has 0 spiro atoms. The molecule has 1 aliphatic rings. The number of fused-ring (bicyclic) bond motifs is 1. The van der Waals surface area contributed by atoms with E-state index >= 15 is 0 Å². The van der Waals surface area contributed by atoms with Crippen molar-refractivity contribution in [3.63, 3.8) is 0 Å². The molecule has 1 saturated heterocycles. The maximum Gasteiger partial charge on any atom is 0.228 e. The van der Waals surface area contributed by atoms with Crippen LogP contribution in [0.25, 0.3) is 16.8 Å². The molecule has 0 aromatic carbocycles. The van der Waals surface area contributed by atoms with Crippen LogP contribution in [-0.2, 0) is 4.79 Å². The lowest BCUT2D eigenvalue weighted by atomic mass is 10.0. The second-order valence-corrected chi connectivity index (χ2v) is 9.08. The molecule has 9 nitrogen and oxygen atoms in total. The lowest BCUT2D eigenvalue weighted by molar-refractivity contribution is -0.120. The van der Waals surface area contributed by atoms with Crippen molar-refractivity contribution in [3.05, 3.63) is 60.7 Å². The molecule has 1 amide bonds. The van der Waals surface area contributed by atoms with Gasteiger partial charge in [-0.1, -0.05) is 20.8 Å². The van der Waals surface area contributed by atoms with Gasteiger partial charge in [0.25, 0.3) is 0 Å². The Labute approximate surface area is 204 Å². The average molecular weight is 471 g/mol. The number of anilines is 3. The molecule has 35 heavy (non-hydrogen) atoms. The van der Waals surface area contributed by atoms with Crippen molar-refractivity contribution in [2.75, 3.05) is 23.3 Å². The number of pyridine rings is 2. The molecule has 4 aromatic heterocycles. The zero-order chi connectivity index (χ0) is 24.4. The minimum absolute atomic E-state index is 0.122. The maximum atomic E-state index is 12.6. The van der Waals surface area contributed by atoms with Gasteiger partial charge in [-0.3, -0.25) is 4.79 Å². The standard InChI is InChI=1S/C26H30N8O/c1-4-27-19-9-11-33(25(35)14-19)20-5-6-24(29-15-20)32-26-28-10-7-22(31-26)18-8-12-34-23(13-18)21(16-30-34)17(2)3/h5-8,10,12-13,15-17,19,27H,4,9,11,14H2,1-3H3,(H,28,29,31,32). The van der Waals surface area contributed by atoms with Crippen LogP contribution in [0.1, 0.15) is 45.1 Å². The fourth-order valence-electron chi connectivity index (χ4n) is 4.49. The van der Waals surface area contributed by atoms with Crippen LogP contribution in [0.15, 0.2) is 55.1 Å². The van der Waals surface area contributed by atoms with Crippen LogP contribution in [-0.4, -0.2) is 49.6 Å². The number of rotatable bonds is 7. The predicted molar refractivity (Wildman–Crippen MR) is 137 cm³/mol. The Hall–Kier alpha value is -3.85. The first-order valence-electron chi connectivity index (χ1n) is 12.1. The minimum Gasteiger partial charge on any atom is -0.314 e. The molecule has 0 radical (unpaired) electrons. The molecular weight excluding hydrogens is 440 g/mol. The van der Waals surface area contributed by atoms with E-state index in [4.69, 9.17) is 4.98 Å². The first kappa shape index (κ1) is 22.9. The summed E-state index contributed by atoms with van der Waals surface area (Å²) in [6.07, 6.45) is 8.77. The van der Waals surface area contributed by atoms with Crippen LogP contribution < -0.4 is 15.5 Å². The largest absolute Gasteiger partial charge is 0.314 e. The highest BCUT2D eigenvalue weighted by Crippen LogP contribution is 2.26. The molecular formula is C26H30N8O. The first-order valence-corrected chi connectivity index (χ1v) is 12.1. The van der Waals surface area contributed by atoms with E-state index in [0.717, 1.165) is 35.4 Å². The second kappa shape index (κ2) is 9.79. The smallest absolute Gasteiger partial charge is 0.228 e. The SMILES string of the molecule is CCNC1CCN(c2ccc(Nc3nccc(-c4ccn5ncc(C(C)C)c5c4)n3)nc2)C(=O)C1. The maximum absolute atomic E-state index is 12.6. The van der Waals surface area contributed by atoms with E-state index in [1.807, 2.05) is 41.2 Å². The summed E-state index contributed by atoms with van der Waals surface area (Å²) in [4.78, 5) is 27.9. The van der Waals surface area contributed by atoms with E-state index in [-0.39, 0.29) is 11.9 Å². The zero-order valence-corrected chi connectivity index (χ0v) is 20.3. The van der Waals surface area contributed by atoms with Crippen molar-refractivity contribution in [2.24, 2.45) is 0 Å². The van der Waals surface area contributed by atoms with Crippen LogP contribution in [0.4, 0.5) is 17.5 Å². The van der Waals surface area contributed by atoms with E-state index in [2.05, 4.69) is 52.5 Å². The third-order valence-corrected chi connectivity index (χ3v) is 6.34. The average Bonchev–Trinajstić information content (AvgIpc) is 3.29. The van der Waals surface area contributed by atoms with E-state index < -0.39 is 0 Å². The molecule has 5 heterocycles. The first-order chi connectivity index (χ1) is 17.0. The lowest BCUT2D eigenvalue weighted by Gasteiger charge is -2.31. The number of hydrogen-bond acceptors (Lipinski definition) is 7. The van der Waals surface area contributed by atoms with Crippen molar-refractivity contribution < 1.29 is 4.79 Å². The molecule has 1 fully saturated rings. The van der Waals surface area contributed by atoms with Gasteiger partial charge in [0.1, 0.15) is 5.82 Å². The normalized spacial score (nSPS) is 16.3. The monoisotopic (exact) mass is 470 g/mol. The van der Waals surface area contributed by atoms with Gasteiger partial charge in [-0.2, -0.15) is 5.10 Å². The topological polar surface area (TPSA) is 100 Å². The molecule has 1 atom stereocenters. The fraction of sp³-hybridized carbons (Fsp3) is 0.346. The van der Waals surface area contributed by atoms with E-state index in [1.165, 1.54) is 5.56 Å². The molecule has 0 saturated carbocycles. The van der Waals surface area contributed by atoms with E-state index in [0.29, 0.717) is 30.6 Å². The number of aromatic nitrogens is 5. The molecule has 0 aliphatic carbocycles. The summed E-state index contributed by atoms with van der Waals surface area (Å²) >= 11 is 0. The predicted octanol–water partition coefficient (Wildman–Crippen LogP) is 4.16. The van der Waals surface area contributed by atoms with Crippen molar-refractivity contribution in [1.29, 1.82) is 0 Å². The summed E-state index contributed by atoms with van der Waals surface area (Å²) in [5.74, 6) is 1.59. The Morgan fingerprint density at radius 3 is 2.77 bits per heavy atom. The zero-order valence-electron chi connectivity index (χ0n) is 20.3. The van der Waals surface area contributed by atoms with Gasteiger partial charge in [-0.05, 0) is 49.2 Å². The van der Waals surface area contributed by atoms with Gasteiger partial charge in [0.05, 0.1) is 29.3 Å². The summed E-state index contributed by atoms with van der Waals surface area (Å²) in [6.45, 7) is 7.95. The number of piperidine rings is 1. The van der Waals surface area contributed by atoms with Gasteiger partial charge in [0.15, 0.2) is 0 Å². The van der Waals surface area contributed by atoms with Gasteiger partial charge in [-0.25, -0.2) is 19.5 Å². The number of carbonyl (C=O) groups excluding carboxylic acids is 1. The highest BCUT2D eigenvalue weighted by atomic mass is 16.2. The van der Waals surface area contributed by atoms with Gasteiger partial charge in [0, 0.05) is 42.5 Å². The van der Waals surface area contributed by atoms with Crippen molar-refractivity contribution >= 4 is 28.9 Å². The molecule has 0 bridgehead atoms. The Morgan fingerprint density at radius 2 is 2.03 bits per heavy atom. The summed E-state index contributed by atoms with van der Waals surface area (Å²) in [5, 5.41) is 11.0.